The molecule has 1 aliphatic rings. The van der Waals surface area contributed by atoms with E-state index in [-0.39, 0.29) is 5.69 Å². The molecule has 18 heavy (non-hydrogen) atoms. The predicted molar refractivity (Wildman–Crippen MR) is 73.2 cm³/mol. The van der Waals surface area contributed by atoms with Gasteiger partial charge in [-0.3, -0.25) is 10.1 Å². The van der Waals surface area contributed by atoms with Crippen LogP contribution in [0.15, 0.2) is 18.2 Å². The molecule has 0 aromatic heterocycles. The average Bonchev–Trinajstić information content (AvgIpc) is 2.29. The normalized spacial score (nSPS) is 17.0. The van der Waals surface area contributed by atoms with E-state index in [2.05, 4.69) is 12.2 Å². The topological polar surface area (TPSA) is 55.2 Å². The van der Waals surface area contributed by atoms with Gasteiger partial charge in [-0.25, -0.2) is 0 Å². The van der Waals surface area contributed by atoms with E-state index in [1.54, 1.807) is 12.1 Å². The minimum Gasteiger partial charge on any atom is -0.379 e. The molecule has 1 fully saturated rings. The van der Waals surface area contributed by atoms with Gasteiger partial charge < -0.3 is 5.32 Å². The van der Waals surface area contributed by atoms with Gasteiger partial charge in [0, 0.05) is 17.6 Å². The van der Waals surface area contributed by atoms with Gasteiger partial charge in [0.2, 0.25) is 0 Å². The Labute approximate surface area is 111 Å². The maximum Gasteiger partial charge on any atom is 0.293 e. The van der Waals surface area contributed by atoms with E-state index in [0.29, 0.717) is 16.1 Å². The lowest BCUT2D eigenvalue weighted by Crippen LogP contribution is -2.35. The number of halogens is 1. The number of anilines is 1. The van der Waals surface area contributed by atoms with Crippen molar-refractivity contribution < 1.29 is 4.92 Å². The van der Waals surface area contributed by atoms with Gasteiger partial charge in [0.1, 0.15) is 5.69 Å². The van der Waals surface area contributed by atoms with Gasteiger partial charge in [-0.1, -0.05) is 24.9 Å². The minimum absolute atomic E-state index is 0.0491. The molecule has 5 heteroatoms. The van der Waals surface area contributed by atoms with Gasteiger partial charge in [0.15, 0.2) is 0 Å². The standard InChI is InChI=1S/C13H17ClN2O2/c1-2-13(6-3-7-13)9-15-11-5-4-10(14)8-12(11)16(17)18/h4-5,8,15H,2-3,6-7,9H2,1H3. The third-order valence-corrected chi connectivity index (χ3v) is 4.21. The Hall–Kier alpha value is -1.29. The molecule has 0 radical (unpaired) electrons. The zero-order valence-electron chi connectivity index (χ0n) is 10.4. The summed E-state index contributed by atoms with van der Waals surface area (Å²) >= 11 is 5.78. The smallest absolute Gasteiger partial charge is 0.293 e. The molecule has 1 aromatic rings. The van der Waals surface area contributed by atoms with Crippen molar-refractivity contribution in [1.29, 1.82) is 0 Å². The second kappa shape index (κ2) is 5.14. The third-order valence-electron chi connectivity index (χ3n) is 3.97. The van der Waals surface area contributed by atoms with Gasteiger partial charge in [0.05, 0.1) is 4.92 Å². The van der Waals surface area contributed by atoms with E-state index >= 15 is 0 Å². The molecule has 0 heterocycles. The van der Waals surface area contributed by atoms with Crippen LogP contribution in [-0.2, 0) is 0 Å². The Morgan fingerprint density at radius 2 is 2.22 bits per heavy atom. The molecule has 0 bridgehead atoms. The molecule has 1 saturated carbocycles. The van der Waals surface area contributed by atoms with Crippen molar-refractivity contribution in [2.45, 2.75) is 32.6 Å². The zero-order valence-corrected chi connectivity index (χ0v) is 11.2. The van der Waals surface area contributed by atoms with Crippen LogP contribution in [0.4, 0.5) is 11.4 Å². The average molecular weight is 269 g/mol. The van der Waals surface area contributed by atoms with Crippen LogP contribution < -0.4 is 5.32 Å². The molecule has 98 valence electrons. The fraction of sp³-hybridized carbons (Fsp3) is 0.538. The number of nitrogens with zero attached hydrogens (tertiary/aromatic N) is 1. The fourth-order valence-corrected chi connectivity index (χ4v) is 2.59. The number of nitro benzene ring substituents is 1. The third kappa shape index (κ3) is 2.58. The molecule has 0 spiro atoms. The number of nitrogens with one attached hydrogen (secondary N) is 1. The number of benzene rings is 1. The predicted octanol–water partition coefficient (Wildman–Crippen LogP) is 4.24. The van der Waals surface area contributed by atoms with Crippen LogP contribution in [0.5, 0.6) is 0 Å². The lowest BCUT2D eigenvalue weighted by Gasteiger charge is -2.41. The molecule has 0 amide bonds. The first-order valence-corrected chi connectivity index (χ1v) is 6.62. The maximum absolute atomic E-state index is 11.0. The van der Waals surface area contributed by atoms with Crippen molar-refractivity contribution in [1.82, 2.24) is 0 Å². The minimum atomic E-state index is -0.395. The van der Waals surface area contributed by atoms with Gasteiger partial charge in [0.25, 0.3) is 5.69 Å². The van der Waals surface area contributed by atoms with Crippen LogP contribution in [-0.4, -0.2) is 11.5 Å². The van der Waals surface area contributed by atoms with E-state index in [1.807, 2.05) is 0 Å². The fourth-order valence-electron chi connectivity index (χ4n) is 2.42. The SMILES string of the molecule is CCC1(CNc2ccc(Cl)cc2[N+](=O)[O-])CCC1. The summed E-state index contributed by atoms with van der Waals surface area (Å²) in [5.41, 5.74) is 0.935. The first kappa shape index (κ1) is 13.1. The Balaban J connectivity index is 2.11. The molecule has 1 N–H and O–H groups in total. The molecule has 1 aliphatic carbocycles. The van der Waals surface area contributed by atoms with E-state index in [4.69, 9.17) is 11.6 Å². The first-order chi connectivity index (χ1) is 8.56. The summed E-state index contributed by atoms with van der Waals surface area (Å²) in [4.78, 5) is 10.6. The summed E-state index contributed by atoms with van der Waals surface area (Å²) in [6.45, 7) is 2.98. The number of hydrogen-bond acceptors (Lipinski definition) is 3. The van der Waals surface area contributed by atoms with E-state index in [0.717, 1.165) is 13.0 Å². The number of hydrogen-bond donors (Lipinski definition) is 1. The van der Waals surface area contributed by atoms with Crippen molar-refractivity contribution >= 4 is 23.0 Å². The largest absolute Gasteiger partial charge is 0.379 e. The monoisotopic (exact) mass is 268 g/mol. The first-order valence-electron chi connectivity index (χ1n) is 6.24. The Morgan fingerprint density at radius 3 is 2.72 bits per heavy atom. The Kier molecular flexibility index (Phi) is 3.76. The van der Waals surface area contributed by atoms with Gasteiger partial charge in [-0.2, -0.15) is 0 Å². The molecular weight excluding hydrogens is 252 g/mol. The molecule has 0 saturated heterocycles. The second-order valence-corrected chi connectivity index (χ2v) is 5.42. The van der Waals surface area contributed by atoms with Crippen LogP contribution in [0.25, 0.3) is 0 Å². The Morgan fingerprint density at radius 1 is 1.50 bits per heavy atom. The van der Waals surface area contributed by atoms with Crippen LogP contribution in [0.1, 0.15) is 32.6 Å². The highest BCUT2D eigenvalue weighted by molar-refractivity contribution is 6.30. The lowest BCUT2D eigenvalue weighted by molar-refractivity contribution is -0.384. The van der Waals surface area contributed by atoms with Crippen molar-refractivity contribution in [3.63, 3.8) is 0 Å². The second-order valence-electron chi connectivity index (χ2n) is 4.98. The zero-order chi connectivity index (χ0) is 13.2. The number of nitro groups is 1. The number of rotatable bonds is 5. The highest BCUT2D eigenvalue weighted by Gasteiger charge is 2.35. The highest BCUT2D eigenvalue weighted by atomic mass is 35.5. The summed E-state index contributed by atoms with van der Waals surface area (Å²) in [7, 11) is 0. The van der Waals surface area contributed by atoms with Crippen LogP contribution in [0.3, 0.4) is 0 Å². The molecule has 4 nitrogen and oxygen atoms in total. The lowest BCUT2D eigenvalue weighted by atomic mass is 9.67. The summed E-state index contributed by atoms with van der Waals surface area (Å²) in [6, 6.07) is 4.75. The molecule has 0 unspecified atom stereocenters. The van der Waals surface area contributed by atoms with E-state index < -0.39 is 4.92 Å². The van der Waals surface area contributed by atoms with Crippen molar-refractivity contribution in [3.05, 3.63) is 33.3 Å². The molecule has 0 atom stereocenters. The summed E-state index contributed by atoms with van der Waals surface area (Å²) < 4.78 is 0. The van der Waals surface area contributed by atoms with Crippen LogP contribution in [0.2, 0.25) is 5.02 Å². The van der Waals surface area contributed by atoms with E-state index in [1.165, 1.54) is 25.3 Å². The van der Waals surface area contributed by atoms with Gasteiger partial charge in [-0.15, -0.1) is 0 Å². The molecule has 1 aromatic carbocycles. The molecular formula is C13H17ClN2O2. The van der Waals surface area contributed by atoms with E-state index in [9.17, 15) is 10.1 Å². The van der Waals surface area contributed by atoms with Gasteiger partial charge in [-0.05, 0) is 36.8 Å². The summed E-state index contributed by atoms with van der Waals surface area (Å²) in [5.74, 6) is 0. The van der Waals surface area contributed by atoms with Gasteiger partial charge >= 0.3 is 0 Å². The van der Waals surface area contributed by atoms with Crippen LogP contribution >= 0.6 is 11.6 Å². The van der Waals surface area contributed by atoms with Crippen LogP contribution in [0, 0.1) is 15.5 Å². The summed E-state index contributed by atoms with van der Waals surface area (Å²) in [6.07, 6.45) is 4.79. The highest BCUT2D eigenvalue weighted by Crippen LogP contribution is 2.44. The summed E-state index contributed by atoms with van der Waals surface area (Å²) in [5, 5.41) is 14.6. The van der Waals surface area contributed by atoms with Crippen molar-refractivity contribution in [2.75, 3.05) is 11.9 Å². The molecule has 0 aliphatic heterocycles. The quantitative estimate of drug-likeness (QED) is 0.642. The molecule has 2 rings (SSSR count). The Bertz CT molecular complexity index is 453. The van der Waals surface area contributed by atoms with Crippen molar-refractivity contribution in [3.8, 4) is 0 Å². The van der Waals surface area contributed by atoms with Crippen molar-refractivity contribution in [2.24, 2.45) is 5.41 Å². The maximum atomic E-state index is 11.0.